The SMILES string of the molecule is COC(=O)c1sccc1N/N=C(\C)c1ccc2c(c1)OCO2. The van der Waals surface area contributed by atoms with Gasteiger partial charge in [0.05, 0.1) is 18.5 Å². The van der Waals surface area contributed by atoms with Crippen LogP contribution in [0.15, 0.2) is 34.7 Å². The molecule has 0 unspecified atom stereocenters. The topological polar surface area (TPSA) is 69.2 Å². The van der Waals surface area contributed by atoms with Crippen LogP contribution >= 0.6 is 11.3 Å². The second-order valence-corrected chi connectivity index (χ2v) is 5.45. The number of nitrogens with zero attached hydrogens (tertiary/aromatic N) is 1. The van der Waals surface area contributed by atoms with E-state index in [1.807, 2.05) is 25.1 Å². The van der Waals surface area contributed by atoms with Crippen LogP contribution in [0.5, 0.6) is 11.5 Å². The Labute approximate surface area is 131 Å². The first-order chi connectivity index (χ1) is 10.7. The smallest absolute Gasteiger partial charge is 0.350 e. The molecule has 22 heavy (non-hydrogen) atoms. The predicted octanol–water partition coefficient (Wildman–Crippen LogP) is 3.10. The Balaban J connectivity index is 1.78. The van der Waals surface area contributed by atoms with E-state index in [0.717, 1.165) is 17.0 Å². The van der Waals surface area contributed by atoms with Crippen LogP contribution in [0.4, 0.5) is 5.69 Å². The normalized spacial score (nSPS) is 13.1. The van der Waals surface area contributed by atoms with Gasteiger partial charge in [0.15, 0.2) is 11.5 Å². The molecule has 0 aliphatic carbocycles. The second-order valence-electron chi connectivity index (χ2n) is 4.53. The first-order valence-corrected chi connectivity index (χ1v) is 7.43. The van der Waals surface area contributed by atoms with Gasteiger partial charge < -0.3 is 14.2 Å². The summed E-state index contributed by atoms with van der Waals surface area (Å²) in [5.41, 5.74) is 5.20. The van der Waals surface area contributed by atoms with Crippen LogP contribution in [0, 0.1) is 0 Å². The molecule has 2 aromatic rings. The highest BCUT2D eigenvalue weighted by molar-refractivity contribution is 7.12. The molecule has 7 heteroatoms. The third kappa shape index (κ3) is 2.75. The molecular formula is C15H14N2O4S. The fraction of sp³-hybridized carbons (Fsp3) is 0.200. The number of fused-ring (bicyclic) bond motifs is 1. The fourth-order valence-electron chi connectivity index (χ4n) is 1.98. The number of hydrogen-bond donors (Lipinski definition) is 1. The molecule has 0 radical (unpaired) electrons. The Hall–Kier alpha value is -2.54. The molecule has 1 aliphatic heterocycles. The Bertz CT molecular complexity index is 739. The van der Waals surface area contributed by atoms with Crippen LogP contribution < -0.4 is 14.9 Å². The highest BCUT2D eigenvalue weighted by Crippen LogP contribution is 2.32. The third-order valence-electron chi connectivity index (χ3n) is 3.17. The van der Waals surface area contributed by atoms with Crippen LogP contribution in [-0.2, 0) is 4.74 Å². The van der Waals surface area contributed by atoms with Gasteiger partial charge in [-0.15, -0.1) is 11.3 Å². The van der Waals surface area contributed by atoms with Gasteiger partial charge in [-0.3, -0.25) is 5.43 Å². The Kier molecular flexibility index (Phi) is 3.97. The largest absolute Gasteiger partial charge is 0.465 e. The van der Waals surface area contributed by atoms with Gasteiger partial charge >= 0.3 is 5.97 Å². The molecule has 3 rings (SSSR count). The van der Waals surface area contributed by atoms with Gasteiger partial charge in [-0.2, -0.15) is 5.10 Å². The van der Waals surface area contributed by atoms with Crippen LogP contribution in [-0.4, -0.2) is 25.6 Å². The zero-order valence-electron chi connectivity index (χ0n) is 12.1. The van der Waals surface area contributed by atoms with Crippen molar-refractivity contribution in [1.82, 2.24) is 0 Å². The van der Waals surface area contributed by atoms with Crippen molar-refractivity contribution in [3.8, 4) is 11.5 Å². The van der Waals surface area contributed by atoms with Gasteiger partial charge in [0.1, 0.15) is 4.88 Å². The van der Waals surface area contributed by atoms with E-state index in [9.17, 15) is 4.79 Å². The molecular weight excluding hydrogens is 304 g/mol. The second kappa shape index (κ2) is 6.07. The number of hydrazone groups is 1. The number of carbonyl (C=O) groups is 1. The van der Waals surface area contributed by atoms with Gasteiger partial charge in [0.2, 0.25) is 6.79 Å². The average Bonchev–Trinajstić information content (AvgIpc) is 3.19. The number of esters is 1. The van der Waals surface area contributed by atoms with Crippen molar-refractivity contribution in [3.63, 3.8) is 0 Å². The van der Waals surface area contributed by atoms with Crippen LogP contribution in [0.2, 0.25) is 0 Å². The number of rotatable bonds is 4. The highest BCUT2D eigenvalue weighted by Gasteiger charge is 2.15. The Morgan fingerprint density at radius 1 is 1.32 bits per heavy atom. The van der Waals surface area contributed by atoms with E-state index in [-0.39, 0.29) is 12.8 Å². The molecule has 0 saturated heterocycles. The summed E-state index contributed by atoms with van der Waals surface area (Å²) >= 11 is 1.30. The number of benzene rings is 1. The summed E-state index contributed by atoms with van der Waals surface area (Å²) in [5, 5.41) is 6.11. The maximum Gasteiger partial charge on any atom is 0.350 e. The maximum atomic E-state index is 11.6. The van der Waals surface area contributed by atoms with E-state index in [2.05, 4.69) is 10.5 Å². The summed E-state index contributed by atoms with van der Waals surface area (Å²) < 4.78 is 15.4. The molecule has 1 aliphatic rings. The van der Waals surface area contributed by atoms with Crippen molar-refractivity contribution in [2.24, 2.45) is 5.10 Å². The number of nitrogens with one attached hydrogen (secondary N) is 1. The van der Waals surface area contributed by atoms with Gasteiger partial charge in [0, 0.05) is 5.56 Å². The number of methoxy groups -OCH3 is 1. The molecule has 1 aromatic carbocycles. The molecule has 0 fully saturated rings. The summed E-state index contributed by atoms with van der Waals surface area (Å²) in [5.74, 6) is 1.06. The number of hydrogen-bond acceptors (Lipinski definition) is 7. The summed E-state index contributed by atoms with van der Waals surface area (Å²) in [6.45, 7) is 2.11. The zero-order valence-corrected chi connectivity index (χ0v) is 12.9. The van der Waals surface area contributed by atoms with Crippen LogP contribution in [0.3, 0.4) is 0 Å². The summed E-state index contributed by atoms with van der Waals surface area (Å²) in [7, 11) is 1.35. The zero-order chi connectivity index (χ0) is 15.5. The molecule has 114 valence electrons. The number of anilines is 1. The van der Waals surface area contributed by atoms with Gasteiger partial charge in [-0.25, -0.2) is 4.79 Å². The van der Waals surface area contributed by atoms with Crippen LogP contribution in [0.1, 0.15) is 22.2 Å². The van der Waals surface area contributed by atoms with E-state index in [1.165, 1.54) is 18.4 Å². The average molecular weight is 318 g/mol. The van der Waals surface area contributed by atoms with E-state index in [4.69, 9.17) is 14.2 Å². The van der Waals surface area contributed by atoms with Crippen LogP contribution in [0.25, 0.3) is 0 Å². The lowest BCUT2D eigenvalue weighted by molar-refractivity contribution is 0.0607. The number of ether oxygens (including phenoxy) is 3. The monoisotopic (exact) mass is 318 g/mol. The molecule has 0 amide bonds. The molecule has 6 nitrogen and oxygen atoms in total. The number of thiophene rings is 1. The molecule has 0 spiro atoms. The first kappa shape index (κ1) is 14.4. The lowest BCUT2D eigenvalue weighted by atomic mass is 10.1. The molecule has 0 atom stereocenters. The van der Waals surface area contributed by atoms with E-state index in [0.29, 0.717) is 16.3 Å². The maximum absolute atomic E-state index is 11.6. The quantitative estimate of drug-likeness (QED) is 0.533. The van der Waals surface area contributed by atoms with Crippen molar-refractivity contribution in [2.75, 3.05) is 19.3 Å². The lowest BCUT2D eigenvalue weighted by Gasteiger charge is -2.05. The van der Waals surface area contributed by atoms with Crippen molar-refractivity contribution < 1.29 is 19.0 Å². The minimum absolute atomic E-state index is 0.241. The predicted molar refractivity (Wildman–Crippen MR) is 84.1 cm³/mol. The highest BCUT2D eigenvalue weighted by atomic mass is 32.1. The minimum Gasteiger partial charge on any atom is -0.465 e. The number of carbonyl (C=O) groups excluding carboxylic acids is 1. The first-order valence-electron chi connectivity index (χ1n) is 6.55. The molecule has 0 saturated carbocycles. The molecule has 0 bridgehead atoms. The Morgan fingerprint density at radius 3 is 2.95 bits per heavy atom. The molecule has 2 heterocycles. The molecule has 1 N–H and O–H groups in total. The van der Waals surface area contributed by atoms with Crippen molar-refractivity contribution in [1.29, 1.82) is 0 Å². The summed E-state index contributed by atoms with van der Waals surface area (Å²) in [4.78, 5) is 12.1. The lowest BCUT2D eigenvalue weighted by Crippen LogP contribution is -2.04. The van der Waals surface area contributed by atoms with Gasteiger partial charge in [-0.05, 0) is 36.6 Å². The summed E-state index contributed by atoms with van der Waals surface area (Å²) in [6.07, 6.45) is 0. The third-order valence-corrected chi connectivity index (χ3v) is 4.06. The Morgan fingerprint density at radius 2 is 2.14 bits per heavy atom. The van der Waals surface area contributed by atoms with Gasteiger partial charge in [0.25, 0.3) is 0 Å². The van der Waals surface area contributed by atoms with E-state index < -0.39 is 0 Å². The van der Waals surface area contributed by atoms with Crippen molar-refractivity contribution in [2.45, 2.75) is 6.92 Å². The summed E-state index contributed by atoms with van der Waals surface area (Å²) in [6, 6.07) is 7.41. The fourth-order valence-corrected chi connectivity index (χ4v) is 2.74. The van der Waals surface area contributed by atoms with Crippen molar-refractivity contribution >= 4 is 28.7 Å². The van der Waals surface area contributed by atoms with Gasteiger partial charge in [-0.1, -0.05) is 0 Å². The van der Waals surface area contributed by atoms with E-state index in [1.54, 1.807) is 11.4 Å². The van der Waals surface area contributed by atoms with E-state index >= 15 is 0 Å². The standard InChI is InChI=1S/C15H14N2O4S/c1-9(10-3-4-12-13(7-10)21-8-20-12)16-17-11-5-6-22-14(11)15(18)19-2/h3-7,17H,8H2,1-2H3/b16-9+. The molecule has 1 aromatic heterocycles. The minimum atomic E-state index is -0.381. The van der Waals surface area contributed by atoms with Crippen molar-refractivity contribution in [3.05, 3.63) is 40.1 Å².